The second-order valence-corrected chi connectivity index (χ2v) is 5.74. The highest BCUT2D eigenvalue weighted by molar-refractivity contribution is 7.18. The van der Waals surface area contributed by atoms with Crippen LogP contribution in [0.2, 0.25) is 0 Å². The van der Waals surface area contributed by atoms with Crippen molar-refractivity contribution in [2.75, 3.05) is 0 Å². The molecule has 0 amide bonds. The van der Waals surface area contributed by atoms with Crippen molar-refractivity contribution < 1.29 is 9.53 Å². The lowest BCUT2D eigenvalue weighted by molar-refractivity contribution is -0.139. The minimum atomic E-state index is -0.441. The summed E-state index contributed by atoms with van der Waals surface area (Å²) in [5.74, 6) is -0.0517. The van der Waals surface area contributed by atoms with Gasteiger partial charge in [-0.15, -0.1) is 11.3 Å². The summed E-state index contributed by atoms with van der Waals surface area (Å²) >= 11 is 1.57. The van der Waals surface area contributed by atoms with Crippen LogP contribution in [0.1, 0.15) is 29.6 Å². The molecule has 0 aliphatic heterocycles. The Bertz CT molecular complexity index is 758. The molecule has 0 saturated heterocycles. The van der Waals surface area contributed by atoms with E-state index >= 15 is 0 Å². The van der Waals surface area contributed by atoms with Gasteiger partial charge in [-0.3, -0.25) is 4.79 Å². The molecule has 2 aromatic rings. The third kappa shape index (κ3) is 2.27. The molecule has 1 aliphatic carbocycles. The number of carbonyl (C=O) groups is 1. The van der Waals surface area contributed by atoms with Gasteiger partial charge in [0.25, 0.3) is 5.56 Å². The number of nitrogens with zero attached hydrogens (tertiary/aromatic N) is 1. The van der Waals surface area contributed by atoms with Gasteiger partial charge in [0.2, 0.25) is 0 Å². The second kappa shape index (κ2) is 5.20. The predicted molar refractivity (Wildman–Crippen MR) is 76.9 cm³/mol. The molecule has 0 bridgehead atoms. The van der Waals surface area contributed by atoms with Crippen LogP contribution in [0.3, 0.4) is 0 Å². The van der Waals surface area contributed by atoms with Gasteiger partial charge in [0, 0.05) is 11.0 Å². The Labute approximate surface area is 119 Å². The molecule has 20 heavy (non-hydrogen) atoms. The molecule has 104 valence electrons. The predicted octanol–water partition coefficient (Wildman–Crippen LogP) is 2.09. The van der Waals surface area contributed by atoms with Crippen LogP contribution in [0.5, 0.6) is 0 Å². The fourth-order valence-corrected chi connectivity index (χ4v) is 3.72. The van der Waals surface area contributed by atoms with Crippen LogP contribution in [0.25, 0.3) is 10.2 Å². The molecule has 0 spiro atoms. The lowest BCUT2D eigenvalue weighted by Gasteiger charge is -2.02. The number of allylic oxidation sites excluding steroid dienone is 1. The maximum atomic E-state index is 12.1. The minimum absolute atomic E-state index is 0.0169. The molecule has 0 fully saturated rings. The first-order chi connectivity index (χ1) is 9.69. The van der Waals surface area contributed by atoms with Crippen molar-refractivity contribution >= 4 is 27.5 Å². The number of esters is 1. The van der Waals surface area contributed by atoms with E-state index in [1.807, 2.05) is 0 Å². The van der Waals surface area contributed by atoms with Gasteiger partial charge in [-0.05, 0) is 31.7 Å². The van der Waals surface area contributed by atoms with E-state index in [9.17, 15) is 9.59 Å². The second-order valence-electron chi connectivity index (χ2n) is 4.66. The fourth-order valence-electron chi connectivity index (χ4n) is 2.44. The average molecular weight is 290 g/mol. The monoisotopic (exact) mass is 290 g/mol. The molecule has 1 aliphatic rings. The Morgan fingerprint density at radius 3 is 3.15 bits per heavy atom. The van der Waals surface area contributed by atoms with Crippen molar-refractivity contribution in [2.24, 2.45) is 0 Å². The number of carbonyl (C=O) groups excluding carboxylic acids is 1. The van der Waals surface area contributed by atoms with E-state index in [-0.39, 0.29) is 12.2 Å². The van der Waals surface area contributed by atoms with Gasteiger partial charge in [0.05, 0.1) is 5.39 Å². The number of aromatic nitrogens is 2. The molecule has 6 heteroatoms. The number of hydrogen-bond donors (Lipinski definition) is 1. The molecule has 2 heterocycles. The Morgan fingerprint density at radius 2 is 2.35 bits per heavy atom. The van der Waals surface area contributed by atoms with E-state index in [2.05, 4.69) is 9.97 Å². The quantitative estimate of drug-likeness (QED) is 0.694. The summed E-state index contributed by atoms with van der Waals surface area (Å²) in [6.45, 7) is 1.72. The summed E-state index contributed by atoms with van der Waals surface area (Å²) in [5.41, 5.74) is 1.02. The van der Waals surface area contributed by atoms with E-state index in [1.54, 1.807) is 24.3 Å². The van der Waals surface area contributed by atoms with Crippen LogP contribution in [-0.4, -0.2) is 15.9 Å². The van der Waals surface area contributed by atoms with Crippen LogP contribution in [-0.2, 0) is 29.0 Å². The van der Waals surface area contributed by atoms with Gasteiger partial charge in [0.1, 0.15) is 17.3 Å². The van der Waals surface area contributed by atoms with Crippen LogP contribution in [0.15, 0.2) is 16.9 Å². The highest BCUT2D eigenvalue weighted by atomic mass is 32.1. The SMILES string of the molecule is C/C=C/C(=O)OCc1nc2sc3c(c2c(=O)[nH]1)CCC3. The third-order valence-electron chi connectivity index (χ3n) is 3.28. The van der Waals surface area contributed by atoms with E-state index in [1.165, 1.54) is 11.0 Å². The summed E-state index contributed by atoms with van der Waals surface area (Å²) in [5, 5.41) is 0.714. The first-order valence-corrected chi connectivity index (χ1v) is 7.33. The van der Waals surface area contributed by atoms with Gasteiger partial charge in [0.15, 0.2) is 0 Å². The van der Waals surface area contributed by atoms with E-state index in [0.717, 1.165) is 29.7 Å². The molecule has 3 rings (SSSR count). The summed E-state index contributed by atoms with van der Waals surface area (Å²) in [6, 6.07) is 0. The van der Waals surface area contributed by atoms with Crippen LogP contribution in [0.4, 0.5) is 0 Å². The number of aryl methyl sites for hydroxylation is 2. The molecule has 0 aromatic carbocycles. The molecular formula is C14H14N2O3S. The maximum absolute atomic E-state index is 12.1. The summed E-state index contributed by atoms with van der Waals surface area (Å²) in [4.78, 5) is 32.5. The Morgan fingerprint density at radius 1 is 1.50 bits per heavy atom. The van der Waals surface area contributed by atoms with Gasteiger partial charge in [-0.2, -0.15) is 0 Å². The van der Waals surface area contributed by atoms with Crippen LogP contribution >= 0.6 is 11.3 Å². The molecule has 2 aromatic heterocycles. The van der Waals surface area contributed by atoms with Crippen molar-refractivity contribution in [3.63, 3.8) is 0 Å². The van der Waals surface area contributed by atoms with Crippen LogP contribution < -0.4 is 5.56 Å². The number of thiophene rings is 1. The standard InChI is InChI=1S/C14H14N2O3S/c1-2-4-11(17)19-7-10-15-13(18)12-8-5-3-6-9(8)20-14(12)16-10/h2,4H,3,5-7H2,1H3,(H,15,16,18)/b4-2+. The lowest BCUT2D eigenvalue weighted by atomic mass is 10.2. The highest BCUT2D eigenvalue weighted by Crippen LogP contribution is 2.34. The Kier molecular flexibility index (Phi) is 3.40. The highest BCUT2D eigenvalue weighted by Gasteiger charge is 2.21. The topological polar surface area (TPSA) is 72.0 Å². The molecule has 0 unspecified atom stereocenters. The molecule has 5 nitrogen and oxygen atoms in total. The van der Waals surface area contributed by atoms with E-state index in [4.69, 9.17) is 4.74 Å². The zero-order chi connectivity index (χ0) is 14.1. The van der Waals surface area contributed by atoms with Gasteiger partial charge in [-0.1, -0.05) is 6.08 Å². The largest absolute Gasteiger partial charge is 0.454 e. The number of H-pyrrole nitrogens is 1. The van der Waals surface area contributed by atoms with Crippen molar-refractivity contribution in [1.29, 1.82) is 0 Å². The van der Waals surface area contributed by atoms with Crippen molar-refractivity contribution in [3.05, 3.63) is 38.8 Å². The lowest BCUT2D eigenvalue weighted by Crippen LogP contribution is -2.13. The third-order valence-corrected chi connectivity index (χ3v) is 4.46. The molecule has 0 radical (unpaired) electrons. The van der Waals surface area contributed by atoms with Gasteiger partial charge < -0.3 is 9.72 Å². The van der Waals surface area contributed by atoms with Gasteiger partial charge >= 0.3 is 5.97 Å². The zero-order valence-electron chi connectivity index (χ0n) is 11.1. The Balaban J connectivity index is 1.91. The first kappa shape index (κ1) is 13.1. The molecule has 0 saturated carbocycles. The van der Waals surface area contributed by atoms with E-state index in [0.29, 0.717) is 11.2 Å². The summed E-state index contributed by atoms with van der Waals surface area (Å²) in [7, 11) is 0. The van der Waals surface area contributed by atoms with Crippen molar-refractivity contribution in [2.45, 2.75) is 32.8 Å². The number of nitrogens with one attached hydrogen (secondary N) is 1. The molecule has 0 atom stereocenters. The van der Waals surface area contributed by atoms with E-state index < -0.39 is 5.97 Å². The molecule has 1 N–H and O–H groups in total. The number of hydrogen-bond acceptors (Lipinski definition) is 5. The summed E-state index contributed by atoms with van der Waals surface area (Å²) < 4.78 is 5.00. The number of fused-ring (bicyclic) bond motifs is 3. The van der Waals surface area contributed by atoms with Crippen molar-refractivity contribution in [3.8, 4) is 0 Å². The van der Waals surface area contributed by atoms with Crippen LogP contribution in [0, 0.1) is 0 Å². The number of ether oxygens (including phenoxy) is 1. The Hall–Kier alpha value is -1.95. The van der Waals surface area contributed by atoms with Gasteiger partial charge in [-0.25, -0.2) is 9.78 Å². The first-order valence-electron chi connectivity index (χ1n) is 6.52. The molecular weight excluding hydrogens is 276 g/mol. The van der Waals surface area contributed by atoms with Crippen molar-refractivity contribution in [1.82, 2.24) is 9.97 Å². The number of rotatable bonds is 3. The smallest absolute Gasteiger partial charge is 0.330 e. The average Bonchev–Trinajstić information content (AvgIpc) is 2.96. The zero-order valence-corrected chi connectivity index (χ0v) is 11.9. The maximum Gasteiger partial charge on any atom is 0.330 e. The normalized spacial score (nSPS) is 14.1. The minimum Gasteiger partial charge on any atom is -0.454 e. The fraction of sp³-hybridized carbons (Fsp3) is 0.357. The summed E-state index contributed by atoms with van der Waals surface area (Å²) in [6.07, 6.45) is 6.03. The number of aromatic amines is 1.